The van der Waals surface area contributed by atoms with Gasteiger partial charge in [-0.1, -0.05) is 79.6 Å². The molecule has 0 radical (unpaired) electrons. The lowest BCUT2D eigenvalue weighted by Crippen LogP contribution is -2.43. The van der Waals surface area contributed by atoms with Crippen molar-refractivity contribution in [1.82, 2.24) is 0 Å². The van der Waals surface area contributed by atoms with Gasteiger partial charge in [0.15, 0.2) is 2.14 Å². The third-order valence-electron chi connectivity index (χ3n) is 0.712. The first-order chi connectivity index (χ1) is 4.50. The van der Waals surface area contributed by atoms with Gasteiger partial charge >= 0.3 is 6.18 Å². The minimum Gasteiger partial charge on any atom is -0.168 e. The lowest BCUT2D eigenvalue weighted by atomic mass is 10.5. The number of alkyl halides is 8. The second kappa shape index (κ2) is 3.74. The van der Waals surface area contributed by atoms with Crippen molar-refractivity contribution >= 4 is 79.6 Å². The van der Waals surface area contributed by atoms with E-state index < -0.39 is 11.6 Å². The highest BCUT2D eigenvalue weighted by Crippen LogP contribution is 2.59. The van der Waals surface area contributed by atoms with Crippen LogP contribution >= 0.6 is 79.6 Å². The summed E-state index contributed by atoms with van der Waals surface area (Å²) in [6.45, 7) is 0. The van der Waals surface area contributed by atoms with Crippen molar-refractivity contribution in [2.24, 2.45) is 0 Å². The molecular formula is C3Br5F3. The van der Waals surface area contributed by atoms with Gasteiger partial charge in [-0.05, 0) is 0 Å². The second-order valence-corrected chi connectivity index (χ2v) is 11.8. The Kier molecular flexibility index (Phi) is 4.49. The Balaban J connectivity index is 4.75. The molecule has 0 aromatic heterocycles. The fourth-order valence-corrected chi connectivity index (χ4v) is 0.835. The number of halogens is 8. The van der Waals surface area contributed by atoms with Gasteiger partial charge in [-0.2, -0.15) is 13.2 Å². The maximum atomic E-state index is 12.1. The van der Waals surface area contributed by atoms with E-state index in [0.29, 0.717) is 0 Å². The number of hydrogen-bond acceptors (Lipinski definition) is 0. The van der Waals surface area contributed by atoms with Crippen molar-refractivity contribution in [3.63, 3.8) is 0 Å². The van der Waals surface area contributed by atoms with Crippen LogP contribution in [0.5, 0.6) is 0 Å². The van der Waals surface area contributed by atoms with E-state index >= 15 is 0 Å². The highest BCUT2D eigenvalue weighted by Gasteiger charge is 2.62. The van der Waals surface area contributed by atoms with Crippen LogP contribution in [0.2, 0.25) is 0 Å². The fourth-order valence-electron chi connectivity index (χ4n) is 0.161. The van der Waals surface area contributed by atoms with Crippen LogP contribution in [-0.2, 0) is 0 Å². The monoisotopic (exact) mass is 488 g/mol. The van der Waals surface area contributed by atoms with Gasteiger partial charge in [0.2, 0.25) is 3.23 Å². The van der Waals surface area contributed by atoms with Crippen LogP contribution in [0, 0.1) is 0 Å². The van der Waals surface area contributed by atoms with Crippen LogP contribution in [0.4, 0.5) is 13.2 Å². The minimum atomic E-state index is -4.43. The molecule has 0 atom stereocenters. The van der Waals surface area contributed by atoms with Crippen LogP contribution in [0.3, 0.4) is 0 Å². The molecule has 0 N–H and O–H groups in total. The van der Waals surface area contributed by atoms with Crippen molar-refractivity contribution < 1.29 is 13.2 Å². The van der Waals surface area contributed by atoms with Gasteiger partial charge in [-0.15, -0.1) is 0 Å². The average molecular weight is 493 g/mol. The standard InChI is InChI=1S/C3Br5F3/c4-1(5,2(6,7)8)3(9,10)11. The van der Waals surface area contributed by atoms with Crippen LogP contribution in [0.15, 0.2) is 0 Å². The molecule has 0 fully saturated rings. The zero-order valence-electron chi connectivity index (χ0n) is 4.52. The maximum Gasteiger partial charge on any atom is 0.416 e. The smallest absolute Gasteiger partial charge is 0.168 e. The molecule has 0 rings (SSSR count). The Morgan fingerprint density at radius 2 is 1.00 bits per heavy atom. The van der Waals surface area contributed by atoms with Crippen LogP contribution in [-0.4, -0.2) is 11.6 Å². The third kappa shape index (κ3) is 3.11. The summed E-state index contributed by atoms with van der Waals surface area (Å²) in [6.07, 6.45) is -4.43. The summed E-state index contributed by atoms with van der Waals surface area (Å²) < 4.78 is 32.7. The SMILES string of the molecule is FC(F)(F)C(Br)(Br)C(Br)(Br)Br. The van der Waals surface area contributed by atoms with Gasteiger partial charge in [-0.3, -0.25) is 0 Å². The van der Waals surface area contributed by atoms with Crippen molar-refractivity contribution in [1.29, 1.82) is 0 Å². The summed E-state index contributed by atoms with van der Waals surface area (Å²) in [7, 11) is 0. The molecule has 0 bridgehead atoms. The molecule has 8 heteroatoms. The molecular weight excluding hydrogens is 493 g/mol. The molecule has 0 amide bonds. The largest absolute Gasteiger partial charge is 0.416 e. The van der Waals surface area contributed by atoms with E-state index in [-0.39, 0.29) is 0 Å². The lowest BCUT2D eigenvalue weighted by Gasteiger charge is -2.31. The van der Waals surface area contributed by atoms with E-state index in [1.807, 2.05) is 0 Å². The predicted molar refractivity (Wildman–Crippen MR) is 56.2 cm³/mol. The van der Waals surface area contributed by atoms with Gasteiger partial charge < -0.3 is 0 Å². The van der Waals surface area contributed by atoms with Crippen molar-refractivity contribution in [2.75, 3.05) is 0 Å². The number of hydrogen-bond donors (Lipinski definition) is 0. The lowest BCUT2D eigenvalue weighted by molar-refractivity contribution is -0.131. The van der Waals surface area contributed by atoms with E-state index in [1.54, 1.807) is 0 Å². The highest BCUT2D eigenvalue weighted by atomic mass is 80.0. The Morgan fingerprint density at radius 3 is 1.00 bits per heavy atom. The molecule has 0 unspecified atom stereocenters. The molecule has 0 spiro atoms. The first-order valence-electron chi connectivity index (χ1n) is 2.01. The van der Waals surface area contributed by atoms with Gasteiger partial charge in [-0.25, -0.2) is 0 Å². The molecule has 0 aromatic rings. The summed E-state index contributed by atoms with van der Waals surface area (Å²) in [5.41, 5.74) is 0. The van der Waals surface area contributed by atoms with E-state index in [1.165, 1.54) is 0 Å². The first-order valence-corrected chi connectivity index (χ1v) is 5.98. The summed E-state index contributed by atoms with van der Waals surface area (Å²) >= 11 is 13.2. The summed E-state index contributed by atoms with van der Waals surface area (Å²) in [5, 5.41) is 0. The predicted octanol–water partition coefficient (Wildman–Crippen LogP) is 4.87. The Labute approximate surface area is 103 Å². The van der Waals surface area contributed by atoms with E-state index in [2.05, 4.69) is 79.6 Å². The van der Waals surface area contributed by atoms with Gasteiger partial charge in [0, 0.05) is 0 Å². The Bertz CT molecular complexity index is 128. The minimum absolute atomic E-state index is 1.47. The van der Waals surface area contributed by atoms with E-state index in [0.717, 1.165) is 0 Å². The number of rotatable bonds is 0. The van der Waals surface area contributed by atoms with Gasteiger partial charge in [0.25, 0.3) is 0 Å². The summed E-state index contributed by atoms with van der Waals surface area (Å²) in [5.74, 6) is 0. The normalized spacial score (nSPS) is 15.3. The van der Waals surface area contributed by atoms with E-state index in [9.17, 15) is 13.2 Å². The third-order valence-corrected chi connectivity index (χ3v) is 7.78. The molecule has 0 aliphatic carbocycles. The zero-order chi connectivity index (χ0) is 9.50. The first kappa shape index (κ1) is 13.2. The Hall–Kier alpha value is 2.19. The van der Waals surface area contributed by atoms with Crippen LogP contribution in [0.25, 0.3) is 0 Å². The molecule has 0 heterocycles. The fraction of sp³-hybridized carbons (Fsp3) is 1.00. The topological polar surface area (TPSA) is 0 Å². The molecule has 0 saturated carbocycles. The molecule has 0 aliphatic rings. The van der Waals surface area contributed by atoms with Gasteiger partial charge in [0.05, 0.1) is 0 Å². The van der Waals surface area contributed by atoms with Crippen molar-refractivity contribution in [3.05, 3.63) is 0 Å². The van der Waals surface area contributed by atoms with Crippen molar-refractivity contribution in [3.8, 4) is 0 Å². The van der Waals surface area contributed by atoms with Crippen molar-refractivity contribution in [2.45, 2.75) is 11.6 Å². The molecule has 11 heavy (non-hydrogen) atoms. The molecule has 0 aliphatic heterocycles. The average Bonchev–Trinajstić information content (AvgIpc) is 1.58. The van der Waals surface area contributed by atoms with E-state index in [4.69, 9.17) is 0 Å². The van der Waals surface area contributed by atoms with Gasteiger partial charge in [0.1, 0.15) is 0 Å². The molecule has 0 aromatic carbocycles. The quantitative estimate of drug-likeness (QED) is 0.423. The molecule has 68 valence electrons. The maximum absolute atomic E-state index is 12.1. The zero-order valence-corrected chi connectivity index (χ0v) is 12.5. The molecule has 0 saturated heterocycles. The van der Waals surface area contributed by atoms with Crippen LogP contribution < -0.4 is 0 Å². The van der Waals surface area contributed by atoms with Crippen LogP contribution in [0.1, 0.15) is 0 Å². The summed E-state index contributed by atoms with van der Waals surface area (Å²) in [6, 6.07) is 0. The second-order valence-electron chi connectivity index (χ2n) is 1.57. The summed E-state index contributed by atoms with van der Waals surface area (Å²) in [4.78, 5) is 0. The highest BCUT2D eigenvalue weighted by molar-refractivity contribution is 9.41. The Morgan fingerprint density at radius 1 is 0.727 bits per heavy atom. The molecule has 0 nitrogen and oxygen atoms in total.